The quantitative estimate of drug-likeness (QED) is 0.432. The summed E-state index contributed by atoms with van der Waals surface area (Å²) in [6, 6.07) is 27.1. The first-order valence-corrected chi connectivity index (χ1v) is 9.91. The van der Waals surface area contributed by atoms with Crippen LogP contribution in [0.3, 0.4) is 0 Å². The van der Waals surface area contributed by atoms with E-state index < -0.39 is 5.54 Å². The first-order chi connectivity index (χ1) is 13.7. The molecule has 4 heteroatoms. The molecule has 0 aliphatic carbocycles. The number of rotatable bonds is 3. The summed E-state index contributed by atoms with van der Waals surface area (Å²) in [6.07, 6.45) is 4.58. The van der Waals surface area contributed by atoms with Gasteiger partial charge in [-0.05, 0) is 34.9 Å². The number of hydrogen-bond donors (Lipinski definition) is 0. The standard InChI is InChI=1S/C24H16BrN3/c25-20-11-9-19(10-12-20)24(15-17-5-1-2-6-18(17)16-26)22-8-4-3-7-21(22)23-27-13-14-28(23)24/h1-14H,15H2/t24-/m0/s1. The first kappa shape index (κ1) is 17.0. The lowest BCUT2D eigenvalue weighted by molar-refractivity contribution is 0.449. The molecule has 4 aromatic rings. The second-order valence-electron chi connectivity index (χ2n) is 6.98. The Labute approximate surface area is 172 Å². The highest BCUT2D eigenvalue weighted by Gasteiger charge is 2.45. The number of hydrogen-bond acceptors (Lipinski definition) is 2. The molecule has 1 aromatic heterocycles. The normalized spacial score (nSPS) is 17.0. The van der Waals surface area contributed by atoms with Crippen molar-refractivity contribution in [3.8, 4) is 17.5 Å². The van der Waals surface area contributed by atoms with E-state index in [2.05, 4.69) is 86.1 Å². The van der Waals surface area contributed by atoms with Crippen molar-refractivity contribution < 1.29 is 0 Å². The summed E-state index contributed by atoms with van der Waals surface area (Å²) < 4.78 is 3.30. The number of nitrogens with zero attached hydrogens (tertiary/aromatic N) is 3. The van der Waals surface area contributed by atoms with E-state index in [1.165, 1.54) is 11.1 Å². The highest BCUT2D eigenvalue weighted by Crippen LogP contribution is 2.49. The van der Waals surface area contributed by atoms with Gasteiger partial charge in [0.1, 0.15) is 11.4 Å². The maximum atomic E-state index is 9.66. The number of nitriles is 1. The van der Waals surface area contributed by atoms with Gasteiger partial charge < -0.3 is 4.57 Å². The van der Waals surface area contributed by atoms with Gasteiger partial charge in [-0.3, -0.25) is 0 Å². The van der Waals surface area contributed by atoms with Crippen LogP contribution < -0.4 is 0 Å². The molecule has 3 aromatic carbocycles. The maximum absolute atomic E-state index is 9.66. The summed E-state index contributed by atoms with van der Waals surface area (Å²) in [5.41, 5.74) is 4.83. The van der Waals surface area contributed by atoms with Crippen LogP contribution in [0.4, 0.5) is 0 Å². The lowest BCUT2D eigenvalue weighted by Gasteiger charge is -2.34. The predicted octanol–water partition coefficient (Wildman–Crippen LogP) is 5.53. The number of halogens is 1. The minimum atomic E-state index is -0.448. The fourth-order valence-corrected chi connectivity index (χ4v) is 4.61. The van der Waals surface area contributed by atoms with Gasteiger partial charge in [0.05, 0.1) is 11.6 Å². The molecule has 1 atom stereocenters. The molecule has 1 aliphatic heterocycles. The van der Waals surface area contributed by atoms with Gasteiger partial charge in [0.15, 0.2) is 0 Å². The van der Waals surface area contributed by atoms with Crippen LogP contribution in [0.5, 0.6) is 0 Å². The fourth-order valence-electron chi connectivity index (χ4n) is 4.34. The third-order valence-electron chi connectivity index (χ3n) is 5.57. The van der Waals surface area contributed by atoms with Crippen LogP contribution in [0.25, 0.3) is 11.4 Å². The second-order valence-corrected chi connectivity index (χ2v) is 7.90. The van der Waals surface area contributed by atoms with E-state index in [-0.39, 0.29) is 0 Å². The van der Waals surface area contributed by atoms with Crippen molar-refractivity contribution in [2.75, 3.05) is 0 Å². The van der Waals surface area contributed by atoms with Crippen molar-refractivity contribution in [2.24, 2.45) is 0 Å². The summed E-state index contributed by atoms with van der Waals surface area (Å²) in [5.74, 6) is 0.966. The molecule has 134 valence electrons. The molecule has 0 bridgehead atoms. The zero-order chi connectivity index (χ0) is 19.1. The third-order valence-corrected chi connectivity index (χ3v) is 6.10. The van der Waals surface area contributed by atoms with Crippen LogP contribution in [0.15, 0.2) is 89.7 Å². The van der Waals surface area contributed by atoms with Crippen molar-refractivity contribution in [3.05, 3.63) is 112 Å². The number of imidazole rings is 1. The molecule has 5 rings (SSSR count). The minimum Gasteiger partial charge on any atom is -0.316 e. The minimum absolute atomic E-state index is 0.448. The molecule has 1 aliphatic rings. The molecule has 0 fully saturated rings. The first-order valence-electron chi connectivity index (χ1n) is 9.12. The van der Waals surface area contributed by atoms with Gasteiger partial charge in [-0.15, -0.1) is 0 Å². The molecule has 28 heavy (non-hydrogen) atoms. The largest absolute Gasteiger partial charge is 0.316 e. The van der Waals surface area contributed by atoms with E-state index in [0.717, 1.165) is 21.4 Å². The molecule has 0 spiro atoms. The number of aromatic nitrogens is 2. The van der Waals surface area contributed by atoms with Gasteiger partial charge in [0.2, 0.25) is 0 Å². The highest BCUT2D eigenvalue weighted by molar-refractivity contribution is 9.10. The monoisotopic (exact) mass is 425 g/mol. The lowest BCUT2D eigenvalue weighted by Crippen LogP contribution is -2.35. The Hall–Kier alpha value is -3.16. The van der Waals surface area contributed by atoms with Crippen LogP contribution in [0.1, 0.15) is 22.3 Å². The van der Waals surface area contributed by atoms with Crippen molar-refractivity contribution in [3.63, 3.8) is 0 Å². The van der Waals surface area contributed by atoms with Gasteiger partial charge in [-0.25, -0.2) is 4.98 Å². The zero-order valence-corrected chi connectivity index (χ0v) is 16.6. The molecule has 0 N–H and O–H groups in total. The molecule has 0 amide bonds. The Morgan fingerprint density at radius 1 is 0.964 bits per heavy atom. The summed E-state index contributed by atoms with van der Waals surface area (Å²) in [7, 11) is 0. The van der Waals surface area contributed by atoms with E-state index in [1.807, 2.05) is 30.6 Å². The highest BCUT2D eigenvalue weighted by atomic mass is 79.9. The topological polar surface area (TPSA) is 41.6 Å². The Morgan fingerprint density at radius 3 is 2.54 bits per heavy atom. The van der Waals surface area contributed by atoms with Crippen LogP contribution in [-0.2, 0) is 12.0 Å². The maximum Gasteiger partial charge on any atom is 0.141 e. The molecular formula is C24H16BrN3. The van der Waals surface area contributed by atoms with E-state index in [1.54, 1.807) is 0 Å². The van der Waals surface area contributed by atoms with Gasteiger partial charge in [-0.1, -0.05) is 70.5 Å². The Balaban J connectivity index is 1.83. The number of benzene rings is 3. The zero-order valence-electron chi connectivity index (χ0n) is 15.0. The van der Waals surface area contributed by atoms with E-state index in [9.17, 15) is 5.26 Å². The average Bonchev–Trinajstić information content (AvgIpc) is 3.31. The van der Waals surface area contributed by atoms with Crippen LogP contribution in [0, 0.1) is 11.3 Å². The van der Waals surface area contributed by atoms with Gasteiger partial charge >= 0.3 is 0 Å². The Kier molecular flexibility index (Phi) is 3.92. The second kappa shape index (κ2) is 6.47. The van der Waals surface area contributed by atoms with E-state index >= 15 is 0 Å². The molecule has 3 nitrogen and oxygen atoms in total. The average molecular weight is 426 g/mol. The summed E-state index contributed by atoms with van der Waals surface area (Å²) in [5, 5.41) is 9.66. The summed E-state index contributed by atoms with van der Waals surface area (Å²) in [6.45, 7) is 0. The summed E-state index contributed by atoms with van der Waals surface area (Å²) in [4.78, 5) is 4.65. The lowest BCUT2D eigenvalue weighted by atomic mass is 9.77. The predicted molar refractivity (Wildman–Crippen MR) is 113 cm³/mol. The van der Waals surface area contributed by atoms with Crippen molar-refractivity contribution in [1.29, 1.82) is 5.26 Å². The third kappa shape index (κ3) is 2.37. The summed E-state index contributed by atoms with van der Waals surface area (Å²) >= 11 is 3.56. The Bertz CT molecular complexity index is 1220. The molecule has 0 saturated heterocycles. The fraction of sp³-hybridized carbons (Fsp3) is 0.0833. The van der Waals surface area contributed by atoms with Crippen LogP contribution in [0.2, 0.25) is 0 Å². The number of fused-ring (bicyclic) bond motifs is 3. The van der Waals surface area contributed by atoms with Crippen molar-refractivity contribution in [1.82, 2.24) is 9.55 Å². The van der Waals surface area contributed by atoms with Gasteiger partial charge in [-0.2, -0.15) is 5.26 Å². The molecule has 2 heterocycles. The molecule has 0 saturated carbocycles. The van der Waals surface area contributed by atoms with Gasteiger partial charge in [0.25, 0.3) is 0 Å². The van der Waals surface area contributed by atoms with Crippen molar-refractivity contribution in [2.45, 2.75) is 12.0 Å². The Morgan fingerprint density at radius 2 is 1.71 bits per heavy atom. The molecular weight excluding hydrogens is 410 g/mol. The van der Waals surface area contributed by atoms with E-state index in [4.69, 9.17) is 0 Å². The van der Waals surface area contributed by atoms with Crippen LogP contribution in [-0.4, -0.2) is 9.55 Å². The van der Waals surface area contributed by atoms with E-state index in [0.29, 0.717) is 12.0 Å². The van der Waals surface area contributed by atoms with Crippen LogP contribution >= 0.6 is 15.9 Å². The van der Waals surface area contributed by atoms with Crippen molar-refractivity contribution >= 4 is 15.9 Å². The smallest absolute Gasteiger partial charge is 0.141 e. The SMILES string of the molecule is N#Cc1ccccc1C[C@]1(c2ccc(Br)cc2)c2ccccc2-c2nccn21. The molecule has 0 radical (unpaired) electrons. The van der Waals surface area contributed by atoms with Gasteiger partial charge in [0, 0.05) is 28.9 Å². The molecule has 0 unspecified atom stereocenters.